The van der Waals surface area contributed by atoms with Gasteiger partial charge in [-0.1, -0.05) is 0 Å². The Morgan fingerprint density at radius 1 is 1.23 bits per heavy atom. The smallest absolute Gasteiger partial charge is 0.407 e. The Hall–Kier alpha value is -1.98. The zero-order valence-electron chi connectivity index (χ0n) is 13.3. The zero-order chi connectivity index (χ0) is 16.2. The lowest BCUT2D eigenvalue weighted by atomic mass is 9.91. The van der Waals surface area contributed by atoms with Crippen LogP contribution in [-0.4, -0.2) is 29.7 Å². The van der Waals surface area contributed by atoms with Crippen molar-refractivity contribution in [3.63, 3.8) is 0 Å². The number of amides is 2. The molecule has 2 atom stereocenters. The van der Waals surface area contributed by atoms with Crippen molar-refractivity contribution in [3.8, 4) is 0 Å². The molecule has 1 aromatic heterocycles. The number of carbonyl (C=O) groups is 2. The van der Waals surface area contributed by atoms with Crippen molar-refractivity contribution in [2.75, 3.05) is 0 Å². The second kappa shape index (κ2) is 6.85. The van der Waals surface area contributed by atoms with E-state index < -0.39 is 11.7 Å². The average molecular weight is 308 g/mol. The molecule has 1 aliphatic rings. The highest BCUT2D eigenvalue weighted by Crippen LogP contribution is 2.20. The molecule has 6 nitrogen and oxygen atoms in total. The first-order chi connectivity index (χ1) is 10.3. The average Bonchev–Trinajstić information content (AvgIpc) is 2.90. The fourth-order valence-corrected chi connectivity index (χ4v) is 2.59. The summed E-state index contributed by atoms with van der Waals surface area (Å²) in [6, 6.07) is 1.71. The van der Waals surface area contributed by atoms with Gasteiger partial charge in [-0.2, -0.15) is 0 Å². The van der Waals surface area contributed by atoms with Crippen LogP contribution in [0.2, 0.25) is 0 Å². The normalized spacial score (nSPS) is 22.0. The molecule has 0 saturated heterocycles. The number of furan rings is 1. The van der Waals surface area contributed by atoms with Crippen LogP contribution < -0.4 is 10.6 Å². The molecule has 0 bridgehead atoms. The number of hydrogen-bond donors (Lipinski definition) is 2. The lowest BCUT2D eigenvalue weighted by Gasteiger charge is -2.31. The first kappa shape index (κ1) is 16.4. The van der Waals surface area contributed by atoms with Crippen LogP contribution in [0.25, 0.3) is 0 Å². The largest absolute Gasteiger partial charge is 0.472 e. The number of alkyl carbamates (subject to hydrolysis) is 1. The molecular weight excluding hydrogens is 284 g/mol. The maximum absolute atomic E-state index is 12.0. The van der Waals surface area contributed by atoms with E-state index in [2.05, 4.69) is 10.6 Å². The van der Waals surface area contributed by atoms with Gasteiger partial charge in [-0.3, -0.25) is 4.79 Å². The fraction of sp³-hybridized carbons (Fsp3) is 0.625. The van der Waals surface area contributed by atoms with Gasteiger partial charge in [0.15, 0.2) is 0 Å². The highest BCUT2D eigenvalue weighted by molar-refractivity contribution is 5.93. The predicted octanol–water partition coefficient (Wildman–Crippen LogP) is 2.85. The molecule has 1 saturated carbocycles. The topological polar surface area (TPSA) is 80.6 Å². The van der Waals surface area contributed by atoms with Crippen LogP contribution in [0.15, 0.2) is 23.0 Å². The molecule has 1 aromatic rings. The lowest BCUT2D eigenvalue weighted by Crippen LogP contribution is -2.46. The molecule has 1 aliphatic carbocycles. The first-order valence-electron chi connectivity index (χ1n) is 7.66. The summed E-state index contributed by atoms with van der Waals surface area (Å²) in [5.41, 5.74) is 0.00965. The Labute approximate surface area is 130 Å². The minimum Gasteiger partial charge on any atom is -0.472 e. The van der Waals surface area contributed by atoms with Crippen molar-refractivity contribution >= 4 is 12.0 Å². The summed E-state index contributed by atoms with van der Waals surface area (Å²) in [4.78, 5) is 23.8. The van der Waals surface area contributed by atoms with Gasteiger partial charge in [0.05, 0.1) is 11.8 Å². The number of carbonyl (C=O) groups excluding carboxylic acids is 2. The molecule has 2 unspecified atom stereocenters. The van der Waals surface area contributed by atoms with Crippen LogP contribution >= 0.6 is 0 Å². The van der Waals surface area contributed by atoms with Crippen LogP contribution in [0.1, 0.15) is 56.8 Å². The van der Waals surface area contributed by atoms with E-state index in [1.165, 1.54) is 12.5 Å². The van der Waals surface area contributed by atoms with Gasteiger partial charge in [-0.15, -0.1) is 0 Å². The Kier molecular flexibility index (Phi) is 5.11. The van der Waals surface area contributed by atoms with E-state index in [9.17, 15) is 9.59 Å². The molecule has 2 rings (SSSR count). The summed E-state index contributed by atoms with van der Waals surface area (Å²) in [6.07, 6.45) is 5.98. The number of nitrogens with one attached hydrogen (secondary N) is 2. The van der Waals surface area contributed by atoms with E-state index in [-0.39, 0.29) is 18.0 Å². The maximum Gasteiger partial charge on any atom is 0.407 e. The summed E-state index contributed by atoms with van der Waals surface area (Å²) in [7, 11) is 0. The maximum atomic E-state index is 12.0. The summed E-state index contributed by atoms with van der Waals surface area (Å²) < 4.78 is 10.2. The molecule has 2 amide bonds. The highest BCUT2D eigenvalue weighted by Gasteiger charge is 2.26. The summed E-state index contributed by atoms with van der Waals surface area (Å²) in [5, 5.41) is 5.86. The van der Waals surface area contributed by atoms with Gasteiger partial charge in [0.2, 0.25) is 0 Å². The summed E-state index contributed by atoms with van der Waals surface area (Å²) in [6.45, 7) is 5.50. The van der Waals surface area contributed by atoms with Crippen molar-refractivity contribution in [1.29, 1.82) is 0 Å². The summed E-state index contributed by atoms with van der Waals surface area (Å²) >= 11 is 0. The molecule has 2 N–H and O–H groups in total. The van der Waals surface area contributed by atoms with Crippen LogP contribution in [0, 0.1) is 0 Å². The first-order valence-corrected chi connectivity index (χ1v) is 7.66. The van der Waals surface area contributed by atoms with Crippen LogP contribution in [0.3, 0.4) is 0 Å². The Morgan fingerprint density at radius 2 is 1.91 bits per heavy atom. The van der Waals surface area contributed by atoms with E-state index in [1.54, 1.807) is 6.07 Å². The van der Waals surface area contributed by atoms with Gasteiger partial charge in [-0.25, -0.2) is 4.79 Å². The molecule has 0 aromatic carbocycles. The quantitative estimate of drug-likeness (QED) is 0.899. The minimum atomic E-state index is -0.506. The third-order valence-electron chi connectivity index (χ3n) is 3.51. The van der Waals surface area contributed by atoms with Gasteiger partial charge >= 0.3 is 6.09 Å². The molecule has 122 valence electrons. The monoisotopic (exact) mass is 308 g/mol. The molecule has 1 heterocycles. The van der Waals surface area contributed by atoms with Crippen LogP contribution in [0.5, 0.6) is 0 Å². The molecule has 0 aliphatic heterocycles. The molecule has 0 radical (unpaired) electrons. The van der Waals surface area contributed by atoms with Crippen molar-refractivity contribution in [1.82, 2.24) is 10.6 Å². The SMILES string of the molecule is CC(C)(C)OC(=O)NC1CCCC(NC(=O)c2ccoc2)C1. The van der Waals surface area contributed by atoms with E-state index in [4.69, 9.17) is 9.15 Å². The highest BCUT2D eigenvalue weighted by atomic mass is 16.6. The van der Waals surface area contributed by atoms with Crippen molar-refractivity contribution in [2.45, 2.75) is 64.1 Å². The zero-order valence-corrected chi connectivity index (χ0v) is 13.3. The second-order valence-corrected chi connectivity index (χ2v) is 6.69. The molecule has 1 fully saturated rings. The fourth-order valence-electron chi connectivity index (χ4n) is 2.59. The van der Waals surface area contributed by atoms with E-state index in [0.717, 1.165) is 19.3 Å². The van der Waals surface area contributed by atoms with Gasteiger partial charge in [0.1, 0.15) is 11.9 Å². The van der Waals surface area contributed by atoms with Crippen molar-refractivity contribution in [2.24, 2.45) is 0 Å². The summed E-state index contributed by atoms with van der Waals surface area (Å²) in [5.74, 6) is -0.142. The number of ether oxygens (including phenoxy) is 1. The van der Waals surface area contributed by atoms with E-state index in [1.807, 2.05) is 20.8 Å². The third kappa shape index (κ3) is 5.09. The van der Waals surface area contributed by atoms with Gasteiger partial charge < -0.3 is 19.8 Å². The number of rotatable bonds is 3. The standard InChI is InChI=1S/C16H24N2O4/c1-16(2,3)22-15(20)18-13-6-4-5-12(9-13)17-14(19)11-7-8-21-10-11/h7-8,10,12-13H,4-6,9H2,1-3H3,(H,17,19)(H,18,20). The molecule has 6 heteroatoms. The minimum absolute atomic E-state index is 0.0262. The molecule has 22 heavy (non-hydrogen) atoms. The Bertz CT molecular complexity index is 505. The predicted molar refractivity (Wildman–Crippen MR) is 81.6 cm³/mol. The Morgan fingerprint density at radius 3 is 2.50 bits per heavy atom. The van der Waals surface area contributed by atoms with Gasteiger partial charge in [-0.05, 0) is 52.5 Å². The molecule has 0 spiro atoms. The van der Waals surface area contributed by atoms with Gasteiger partial charge in [0.25, 0.3) is 5.91 Å². The third-order valence-corrected chi connectivity index (χ3v) is 3.51. The number of hydrogen-bond acceptors (Lipinski definition) is 4. The van der Waals surface area contributed by atoms with Crippen molar-refractivity contribution in [3.05, 3.63) is 24.2 Å². The lowest BCUT2D eigenvalue weighted by molar-refractivity contribution is 0.0489. The van der Waals surface area contributed by atoms with Gasteiger partial charge in [0, 0.05) is 12.1 Å². The van der Waals surface area contributed by atoms with E-state index >= 15 is 0 Å². The second-order valence-electron chi connectivity index (χ2n) is 6.69. The van der Waals surface area contributed by atoms with Crippen LogP contribution in [0.4, 0.5) is 4.79 Å². The molecular formula is C16H24N2O4. The van der Waals surface area contributed by atoms with Crippen LogP contribution in [-0.2, 0) is 4.74 Å². The Balaban J connectivity index is 1.81. The van der Waals surface area contributed by atoms with Crippen molar-refractivity contribution < 1.29 is 18.7 Å². The van der Waals surface area contributed by atoms with E-state index in [0.29, 0.717) is 12.0 Å².